The van der Waals surface area contributed by atoms with Crippen molar-refractivity contribution in [3.63, 3.8) is 0 Å². The Bertz CT molecular complexity index is 598. The van der Waals surface area contributed by atoms with Gasteiger partial charge in [-0.25, -0.2) is 0 Å². The highest BCUT2D eigenvalue weighted by Crippen LogP contribution is 2.53. The van der Waals surface area contributed by atoms with Crippen LogP contribution in [0.5, 0.6) is 0 Å². The predicted octanol–water partition coefficient (Wildman–Crippen LogP) is 2.30. The number of benzene rings is 1. The number of nitrogens with two attached hydrogens (primary N) is 1. The number of amides is 2. The van der Waals surface area contributed by atoms with Crippen molar-refractivity contribution in [3.05, 3.63) is 35.4 Å². The smallest absolute Gasteiger partial charge is 0.251 e. The SMILES string of the molecule is Cc1cccc(C(=O)N[C@]23CCC[C@](C(N)=O)(CC2)C3)c1. The van der Waals surface area contributed by atoms with E-state index in [9.17, 15) is 9.59 Å². The average molecular weight is 286 g/mol. The molecule has 2 amide bonds. The molecule has 112 valence electrons. The quantitative estimate of drug-likeness (QED) is 0.895. The summed E-state index contributed by atoms with van der Waals surface area (Å²) < 4.78 is 0. The Morgan fingerprint density at radius 3 is 2.71 bits per heavy atom. The molecule has 3 N–H and O–H groups in total. The number of carbonyl (C=O) groups is 2. The van der Waals surface area contributed by atoms with Crippen LogP contribution in [-0.4, -0.2) is 17.4 Å². The summed E-state index contributed by atoms with van der Waals surface area (Å²) in [5.74, 6) is -0.241. The maximum atomic E-state index is 12.5. The molecule has 0 saturated heterocycles. The van der Waals surface area contributed by atoms with Crippen molar-refractivity contribution in [1.29, 1.82) is 0 Å². The predicted molar refractivity (Wildman–Crippen MR) is 80.7 cm³/mol. The summed E-state index contributed by atoms with van der Waals surface area (Å²) in [4.78, 5) is 24.3. The summed E-state index contributed by atoms with van der Waals surface area (Å²) in [6, 6.07) is 7.59. The van der Waals surface area contributed by atoms with Crippen molar-refractivity contribution in [3.8, 4) is 0 Å². The van der Waals surface area contributed by atoms with E-state index in [1.165, 1.54) is 0 Å². The summed E-state index contributed by atoms with van der Waals surface area (Å²) in [6.07, 6.45) is 5.12. The van der Waals surface area contributed by atoms with Crippen LogP contribution in [0.2, 0.25) is 0 Å². The first-order chi connectivity index (χ1) is 9.95. The van der Waals surface area contributed by atoms with E-state index >= 15 is 0 Å². The van der Waals surface area contributed by atoms with Gasteiger partial charge in [-0.1, -0.05) is 24.1 Å². The van der Waals surface area contributed by atoms with Gasteiger partial charge in [0.1, 0.15) is 0 Å². The zero-order valence-electron chi connectivity index (χ0n) is 12.4. The molecular formula is C17H22N2O2. The number of rotatable bonds is 3. The van der Waals surface area contributed by atoms with E-state index in [2.05, 4.69) is 5.32 Å². The van der Waals surface area contributed by atoms with Gasteiger partial charge in [-0.15, -0.1) is 0 Å². The highest BCUT2D eigenvalue weighted by atomic mass is 16.2. The van der Waals surface area contributed by atoms with E-state index in [4.69, 9.17) is 5.73 Å². The van der Waals surface area contributed by atoms with Crippen molar-refractivity contribution in [2.45, 2.75) is 51.0 Å². The normalized spacial score (nSPS) is 30.9. The second kappa shape index (κ2) is 4.86. The van der Waals surface area contributed by atoms with E-state index in [-0.39, 0.29) is 17.4 Å². The van der Waals surface area contributed by atoms with E-state index in [1.807, 2.05) is 31.2 Å². The molecule has 2 saturated carbocycles. The minimum absolute atomic E-state index is 0.0409. The molecule has 2 atom stereocenters. The molecule has 2 bridgehead atoms. The molecule has 1 aromatic carbocycles. The molecule has 21 heavy (non-hydrogen) atoms. The third-order valence-corrected chi connectivity index (χ3v) is 5.25. The highest BCUT2D eigenvalue weighted by molar-refractivity contribution is 5.95. The summed E-state index contributed by atoms with van der Waals surface area (Å²) in [5.41, 5.74) is 6.73. The van der Waals surface area contributed by atoms with Gasteiger partial charge in [0.05, 0.1) is 5.41 Å². The monoisotopic (exact) mass is 286 g/mol. The molecule has 4 nitrogen and oxygen atoms in total. The van der Waals surface area contributed by atoms with Gasteiger partial charge in [-0.3, -0.25) is 9.59 Å². The molecule has 0 aromatic heterocycles. The Morgan fingerprint density at radius 2 is 2.00 bits per heavy atom. The fourth-order valence-corrected chi connectivity index (χ4v) is 4.10. The molecule has 2 fully saturated rings. The highest BCUT2D eigenvalue weighted by Gasteiger charge is 2.54. The fraction of sp³-hybridized carbons (Fsp3) is 0.529. The van der Waals surface area contributed by atoms with Gasteiger partial charge >= 0.3 is 0 Å². The largest absolute Gasteiger partial charge is 0.369 e. The topological polar surface area (TPSA) is 72.2 Å². The van der Waals surface area contributed by atoms with Crippen LogP contribution in [0, 0.1) is 12.3 Å². The van der Waals surface area contributed by atoms with Crippen LogP contribution in [-0.2, 0) is 4.79 Å². The van der Waals surface area contributed by atoms with Gasteiger partial charge in [0, 0.05) is 11.1 Å². The van der Waals surface area contributed by atoms with Crippen LogP contribution in [0.4, 0.5) is 0 Å². The van der Waals surface area contributed by atoms with Crippen molar-refractivity contribution in [2.75, 3.05) is 0 Å². The number of hydrogen-bond acceptors (Lipinski definition) is 2. The average Bonchev–Trinajstić information content (AvgIpc) is 2.71. The lowest BCUT2D eigenvalue weighted by atomic mass is 9.72. The molecule has 4 heteroatoms. The third kappa shape index (κ3) is 2.43. The molecule has 3 rings (SSSR count). The third-order valence-electron chi connectivity index (χ3n) is 5.25. The molecular weight excluding hydrogens is 264 g/mol. The first kappa shape index (κ1) is 14.1. The first-order valence-corrected chi connectivity index (χ1v) is 7.64. The van der Waals surface area contributed by atoms with Crippen molar-refractivity contribution < 1.29 is 9.59 Å². The van der Waals surface area contributed by atoms with Gasteiger partial charge in [-0.2, -0.15) is 0 Å². The van der Waals surface area contributed by atoms with Gasteiger partial charge in [0.2, 0.25) is 5.91 Å². The zero-order chi connectivity index (χ0) is 15.1. The molecule has 0 heterocycles. The second-order valence-corrected chi connectivity index (χ2v) is 6.78. The van der Waals surface area contributed by atoms with E-state index < -0.39 is 5.41 Å². The van der Waals surface area contributed by atoms with Crippen LogP contribution in [0.15, 0.2) is 24.3 Å². The van der Waals surface area contributed by atoms with Gasteiger partial charge in [-0.05, 0) is 51.2 Å². The Hall–Kier alpha value is -1.84. The second-order valence-electron chi connectivity index (χ2n) is 6.78. The fourth-order valence-electron chi connectivity index (χ4n) is 4.10. The lowest BCUT2D eigenvalue weighted by Crippen LogP contribution is -2.51. The van der Waals surface area contributed by atoms with Crippen LogP contribution in [0.25, 0.3) is 0 Å². The van der Waals surface area contributed by atoms with Crippen LogP contribution >= 0.6 is 0 Å². The van der Waals surface area contributed by atoms with E-state index in [0.29, 0.717) is 12.0 Å². The number of carbonyl (C=O) groups excluding carboxylic acids is 2. The number of primary amides is 1. The molecule has 0 radical (unpaired) electrons. The molecule has 1 aromatic rings. The van der Waals surface area contributed by atoms with Gasteiger partial charge < -0.3 is 11.1 Å². The minimum Gasteiger partial charge on any atom is -0.369 e. The van der Waals surface area contributed by atoms with Gasteiger partial charge in [0.25, 0.3) is 5.91 Å². The number of nitrogens with one attached hydrogen (secondary N) is 1. The van der Waals surface area contributed by atoms with Crippen molar-refractivity contribution in [2.24, 2.45) is 11.1 Å². The summed E-state index contributed by atoms with van der Waals surface area (Å²) >= 11 is 0. The Morgan fingerprint density at radius 1 is 1.19 bits per heavy atom. The number of fused-ring (bicyclic) bond motifs is 2. The van der Waals surface area contributed by atoms with Gasteiger partial charge in [0.15, 0.2) is 0 Å². The maximum absolute atomic E-state index is 12.5. The number of hydrogen-bond donors (Lipinski definition) is 2. The Labute approximate surface area is 125 Å². The Kier molecular flexibility index (Phi) is 3.27. The summed E-state index contributed by atoms with van der Waals surface area (Å²) in [7, 11) is 0. The van der Waals surface area contributed by atoms with Crippen LogP contribution < -0.4 is 11.1 Å². The van der Waals surface area contributed by atoms with Crippen LogP contribution in [0.3, 0.4) is 0 Å². The minimum atomic E-state index is -0.391. The summed E-state index contributed by atoms with van der Waals surface area (Å²) in [5, 5.41) is 3.20. The number of aryl methyl sites for hydroxylation is 1. The lowest BCUT2D eigenvalue weighted by Gasteiger charge is -2.38. The molecule has 0 unspecified atom stereocenters. The van der Waals surface area contributed by atoms with E-state index in [1.54, 1.807) is 0 Å². The zero-order valence-corrected chi connectivity index (χ0v) is 12.4. The molecule has 0 spiro atoms. The molecule has 0 aliphatic heterocycles. The maximum Gasteiger partial charge on any atom is 0.251 e. The van der Waals surface area contributed by atoms with Crippen molar-refractivity contribution in [1.82, 2.24) is 5.32 Å². The van der Waals surface area contributed by atoms with Crippen molar-refractivity contribution >= 4 is 11.8 Å². The Balaban J connectivity index is 1.79. The first-order valence-electron chi connectivity index (χ1n) is 7.64. The lowest BCUT2D eigenvalue weighted by molar-refractivity contribution is -0.128. The standard InChI is InChI=1S/C17H22N2O2/c1-12-4-2-5-13(10-12)14(20)19-17-7-3-6-16(11-17,8-9-17)15(18)21/h2,4-5,10H,3,6-9,11H2,1H3,(H2,18,21)(H,19,20)/t16-,17+/m0/s1. The summed E-state index contributed by atoms with van der Waals surface area (Å²) in [6.45, 7) is 1.98. The molecule has 2 aliphatic carbocycles. The molecule has 2 aliphatic rings. The van der Waals surface area contributed by atoms with E-state index in [0.717, 1.165) is 37.7 Å². The van der Waals surface area contributed by atoms with Crippen LogP contribution in [0.1, 0.15) is 54.4 Å².